The maximum Gasteiger partial charge on any atom is 0.260 e. The molecular weight excluding hydrogens is 274 g/mol. The molecule has 106 valence electrons. The van der Waals surface area contributed by atoms with Crippen molar-refractivity contribution in [3.05, 3.63) is 29.0 Å². The number of hydrogen-bond donors (Lipinski definition) is 1. The van der Waals surface area contributed by atoms with E-state index in [0.29, 0.717) is 22.5 Å². The van der Waals surface area contributed by atoms with E-state index in [0.717, 1.165) is 30.1 Å². The number of nitrogens with two attached hydrogens (primary N) is 1. The molecule has 2 aromatic rings. The van der Waals surface area contributed by atoms with Gasteiger partial charge in [-0.3, -0.25) is 0 Å². The average molecular weight is 292 g/mol. The number of aromatic nitrogens is 2. The van der Waals surface area contributed by atoms with Crippen LogP contribution in [0.5, 0.6) is 0 Å². The summed E-state index contributed by atoms with van der Waals surface area (Å²) in [5, 5.41) is 4.74. The minimum atomic E-state index is 0.407. The fourth-order valence-electron chi connectivity index (χ4n) is 2.91. The second kappa shape index (κ2) is 5.44. The van der Waals surface area contributed by atoms with Crippen molar-refractivity contribution in [2.75, 3.05) is 5.73 Å². The van der Waals surface area contributed by atoms with Crippen molar-refractivity contribution in [3.63, 3.8) is 0 Å². The quantitative estimate of drug-likeness (QED) is 0.839. The van der Waals surface area contributed by atoms with E-state index >= 15 is 0 Å². The van der Waals surface area contributed by atoms with Gasteiger partial charge < -0.3 is 10.3 Å². The van der Waals surface area contributed by atoms with Gasteiger partial charge >= 0.3 is 0 Å². The van der Waals surface area contributed by atoms with E-state index < -0.39 is 0 Å². The van der Waals surface area contributed by atoms with Crippen molar-refractivity contribution in [2.24, 2.45) is 5.92 Å². The van der Waals surface area contributed by atoms with Crippen LogP contribution in [0, 0.1) is 5.92 Å². The first-order valence-electron chi connectivity index (χ1n) is 7.02. The van der Waals surface area contributed by atoms with Gasteiger partial charge in [-0.1, -0.05) is 36.5 Å². The molecule has 1 heterocycles. The lowest BCUT2D eigenvalue weighted by Crippen LogP contribution is -2.12. The van der Waals surface area contributed by atoms with Crippen LogP contribution in [0.25, 0.3) is 11.5 Å². The van der Waals surface area contributed by atoms with E-state index in [9.17, 15) is 0 Å². The summed E-state index contributed by atoms with van der Waals surface area (Å²) >= 11 is 5.90. The molecule has 0 amide bonds. The Morgan fingerprint density at radius 1 is 1.35 bits per heavy atom. The highest BCUT2D eigenvalue weighted by Crippen LogP contribution is 2.36. The molecule has 3 rings (SSSR count). The molecule has 1 saturated carbocycles. The molecule has 0 saturated heterocycles. The van der Waals surface area contributed by atoms with Crippen molar-refractivity contribution >= 4 is 17.3 Å². The van der Waals surface area contributed by atoms with Crippen molar-refractivity contribution in [1.82, 2.24) is 10.1 Å². The third kappa shape index (κ3) is 2.66. The Morgan fingerprint density at radius 3 is 2.95 bits per heavy atom. The van der Waals surface area contributed by atoms with Crippen LogP contribution in [-0.4, -0.2) is 10.1 Å². The zero-order chi connectivity index (χ0) is 14.1. The second-order valence-corrected chi connectivity index (χ2v) is 6.09. The highest BCUT2D eigenvalue weighted by Gasteiger charge is 2.25. The first kappa shape index (κ1) is 13.4. The lowest BCUT2D eigenvalue weighted by molar-refractivity contribution is 0.324. The molecule has 0 spiro atoms. The third-order valence-electron chi connectivity index (χ3n) is 3.99. The summed E-state index contributed by atoms with van der Waals surface area (Å²) in [5.74, 6) is 2.43. The Balaban J connectivity index is 1.86. The summed E-state index contributed by atoms with van der Waals surface area (Å²) in [5.41, 5.74) is 7.26. The molecule has 1 aliphatic carbocycles. The number of hydrogen-bond acceptors (Lipinski definition) is 4. The fraction of sp³-hybridized carbons (Fsp3) is 0.467. The van der Waals surface area contributed by atoms with Crippen LogP contribution >= 0.6 is 11.6 Å². The van der Waals surface area contributed by atoms with Gasteiger partial charge in [0.2, 0.25) is 0 Å². The molecule has 2 unspecified atom stereocenters. The van der Waals surface area contributed by atoms with Crippen LogP contribution in [0.1, 0.15) is 44.3 Å². The first-order chi connectivity index (χ1) is 9.63. The van der Waals surface area contributed by atoms with E-state index in [4.69, 9.17) is 21.9 Å². The Bertz CT molecular complexity index is 611. The predicted molar refractivity (Wildman–Crippen MR) is 79.5 cm³/mol. The van der Waals surface area contributed by atoms with Crippen LogP contribution in [0.2, 0.25) is 5.02 Å². The zero-order valence-electron chi connectivity index (χ0n) is 11.5. The molecular formula is C15H18ClN3O. The van der Waals surface area contributed by atoms with Gasteiger partial charge in [-0.25, -0.2) is 0 Å². The topological polar surface area (TPSA) is 64.9 Å². The molecule has 0 bridgehead atoms. The highest BCUT2D eigenvalue weighted by atomic mass is 35.5. The van der Waals surface area contributed by atoms with Crippen LogP contribution in [0.4, 0.5) is 5.69 Å². The van der Waals surface area contributed by atoms with Gasteiger partial charge in [-0.15, -0.1) is 0 Å². The van der Waals surface area contributed by atoms with Crippen LogP contribution in [0.15, 0.2) is 22.7 Å². The van der Waals surface area contributed by atoms with Gasteiger partial charge in [0.1, 0.15) is 0 Å². The maximum absolute atomic E-state index is 5.95. The molecule has 1 aliphatic rings. The summed E-state index contributed by atoms with van der Waals surface area (Å²) < 4.78 is 5.38. The molecule has 1 aromatic carbocycles. The minimum Gasteiger partial charge on any atom is -0.398 e. The van der Waals surface area contributed by atoms with E-state index in [2.05, 4.69) is 17.1 Å². The fourth-order valence-corrected chi connectivity index (χ4v) is 3.09. The van der Waals surface area contributed by atoms with Gasteiger partial charge in [0.25, 0.3) is 5.89 Å². The SMILES string of the molecule is CC1CCCC(c2noc(-c3ccc(Cl)cc3N)n2)C1. The van der Waals surface area contributed by atoms with Crippen molar-refractivity contribution in [3.8, 4) is 11.5 Å². The molecule has 0 radical (unpaired) electrons. The van der Waals surface area contributed by atoms with Gasteiger partial charge in [0, 0.05) is 16.6 Å². The van der Waals surface area contributed by atoms with Crippen molar-refractivity contribution < 1.29 is 4.52 Å². The Morgan fingerprint density at radius 2 is 2.20 bits per heavy atom. The number of benzene rings is 1. The van der Waals surface area contributed by atoms with Gasteiger partial charge in [-0.2, -0.15) is 4.98 Å². The van der Waals surface area contributed by atoms with E-state index in [1.54, 1.807) is 12.1 Å². The molecule has 20 heavy (non-hydrogen) atoms. The monoisotopic (exact) mass is 291 g/mol. The standard InChI is InChI=1S/C15H18ClN3O/c1-9-3-2-4-10(7-9)14-18-15(20-19-14)12-6-5-11(16)8-13(12)17/h5-6,8-10H,2-4,7,17H2,1H3. The second-order valence-electron chi connectivity index (χ2n) is 5.66. The van der Waals surface area contributed by atoms with E-state index in [-0.39, 0.29) is 0 Å². The zero-order valence-corrected chi connectivity index (χ0v) is 12.2. The van der Waals surface area contributed by atoms with Crippen LogP contribution in [0.3, 0.4) is 0 Å². The number of halogens is 1. The summed E-state index contributed by atoms with van der Waals surface area (Å²) in [6, 6.07) is 5.29. The molecule has 5 heteroatoms. The summed E-state index contributed by atoms with van der Waals surface area (Å²) in [6.45, 7) is 2.28. The molecule has 0 aliphatic heterocycles. The molecule has 2 N–H and O–H groups in total. The van der Waals surface area contributed by atoms with E-state index in [1.165, 1.54) is 12.8 Å². The molecule has 4 nitrogen and oxygen atoms in total. The summed E-state index contributed by atoms with van der Waals surface area (Å²) in [6.07, 6.45) is 4.80. The Hall–Kier alpha value is -1.55. The molecule has 1 fully saturated rings. The largest absolute Gasteiger partial charge is 0.398 e. The van der Waals surface area contributed by atoms with Crippen LogP contribution < -0.4 is 5.73 Å². The van der Waals surface area contributed by atoms with Crippen molar-refractivity contribution in [2.45, 2.75) is 38.5 Å². The molecule has 1 aromatic heterocycles. The number of nitrogen functional groups attached to an aromatic ring is 1. The first-order valence-corrected chi connectivity index (χ1v) is 7.40. The minimum absolute atomic E-state index is 0.407. The predicted octanol–water partition coefficient (Wildman–Crippen LogP) is 4.27. The third-order valence-corrected chi connectivity index (χ3v) is 4.22. The van der Waals surface area contributed by atoms with Gasteiger partial charge in [-0.05, 0) is 37.0 Å². The summed E-state index contributed by atoms with van der Waals surface area (Å²) in [4.78, 5) is 4.53. The summed E-state index contributed by atoms with van der Waals surface area (Å²) in [7, 11) is 0. The lowest BCUT2D eigenvalue weighted by Gasteiger charge is -2.23. The number of nitrogens with zero attached hydrogens (tertiary/aromatic N) is 2. The highest BCUT2D eigenvalue weighted by molar-refractivity contribution is 6.31. The van der Waals surface area contributed by atoms with Gasteiger partial charge in [0.15, 0.2) is 5.82 Å². The Labute approximate surface area is 123 Å². The maximum atomic E-state index is 5.95. The number of anilines is 1. The van der Waals surface area contributed by atoms with Crippen molar-refractivity contribution in [1.29, 1.82) is 0 Å². The number of rotatable bonds is 2. The normalized spacial score (nSPS) is 22.9. The Kier molecular flexibility index (Phi) is 3.66. The van der Waals surface area contributed by atoms with Gasteiger partial charge in [0.05, 0.1) is 5.56 Å². The van der Waals surface area contributed by atoms with E-state index in [1.807, 2.05) is 6.07 Å². The van der Waals surface area contributed by atoms with Crippen LogP contribution in [-0.2, 0) is 0 Å². The molecule has 2 atom stereocenters. The smallest absolute Gasteiger partial charge is 0.260 e. The average Bonchev–Trinajstić information content (AvgIpc) is 2.88. The lowest BCUT2D eigenvalue weighted by atomic mass is 9.82.